The molecule has 0 radical (unpaired) electrons. The van der Waals surface area contributed by atoms with Crippen LogP contribution in [-0.4, -0.2) is 13.1 Å². The van der Waals surface area contributed by atoms with Crippen LogP contribution in [0.25, 0.3) is 0 Å². The number of methoxy groups -OCH3 is 1. The fraction of sp³-hybridized carbons (Fsp3) is 0.111. The van der Waals surface area contributed by atoms with E-state index in [-0.39, 0.29) is 15.6 Å². The molecule has 0 aliphatic carbocycles. The predicted octanol–water partition coefficient (Wildman–Crippen LogP) is 2.25. The Bertz CT molecular complexity index is 402. The fourth-order valence-corrected chi connectivity index (χ4v) is 1.53. The number of carbonyl (C=O) groups excluding carboxylic acids is 1. The maximum atomic E-state index is 13.3. The van der Waals surface area contributed by atoms with Crippen LogP contribution >= 0.6 is 15.9 Å². The van der Waals surface area contributed by atoms with Crippen LogP contribution in [-0.2, 0) is 4.74 Å². The second-order valence-corrected chi connectivity index (χ2v) is 3.27. The molecule has 0 amide bonds. The van der Waals surface area contributed by atoms with Gasteiger partial charge in [-0.25, -0.2) is 9.18 Å². The minimum atomic E-state index is -0.779. The van der Waals surface area contributed by atoms with Gasteiger partial charge in [-0.1, -0.05) is 0 Å². The Morgan fingerprint density at radius 2 is 2.29 bits per heavy atom. The van der Waals surface area contributed by atoms with Crippen molar-refractivity contribution < 1.29 is 13.9 Å². The predicted molar refractivity (Wildman–Crippen MR) is 50.2 cm³/mol. The van der Waals surface area contributed by atoms with Crippen LogP contribution in [0.15, 0.2) is 16.6 Å². The Balaban J connectivity index is 3.34. The average molecular weight is 258 g/mol. The zero-order chi connectivity index (χ0) is 10.7. The number of rotatable bonds is 1. The lowest BCUT2D eigenvalue weighted by Crippen LogP contribution is -2.06. The molecule has 3 nitrogen and oxygen atoms in total. The molecule has 0 fully saturated rings. The van der Waals surface area contributed by atoms with E-state index in [1.54, 1.807) is 6.07 Å². The second kappa shape index (κ2) is 4.20. The lowest BCUT2D eigenvalue weighted by atomic mass is 10.1. The molecule has 0 saturated heterocycles. The number of nitriles is 1. The molecule has 0 aliphatic rings. The number of hydrogen-bond donors (Lipinski definition) is 0. The van der Waals surface area contributed by atoms with Gasteiger partial charge in [0.05, 0.1) is 18.7 Å². The van der Waals surface area contributed by atoms with Crippen molar-refractivity contribution in [3.8, 4) is 6.07 Å². The summed E-state index contributed by atoms with van der Waals surface area (Å²) < 4.78 is 17.8. The molecule has 0 bridgehead atoms. The van der Waals surface area contributed by atoms with Crippen molar-refractivity contribution in [1.29, 1.82) is 5.26 Å². The number of benzene rings is 1. The molecule has 72 valence electrons. The first kappa shape index (κ1) is 10.7. The zero-order valence-electron chi connectivity index (χ0n) is 7.17. The summed E-state index contributed by atoms with van der Waals surface area (Å²) in [6.45, 7) is 0. The van der Waals surface area contributed by atoms with Gasteiger partial charge in [-0.2, -0.15) is 5.26 Å². The van der Waals surface area contributed by atoms with Crippen molar-refractivity contribution in [2.45, 2.75) is 0 Å². The lowest BCUT2D eigenvalue weighted by molar-refractivity contribution is 0.0594. The van der Waals surface area contributed by atoms with Crippen molar-refractivity contribution in [1.82, 2.24) is 0 Å². The molecule has 1 aromatic carbocycles. The van der Waals surface area contributed by atoms with Crippen LogP contribution in [0.4, 0.5) is 4.39 Å². The molecule has 0 aromatic heterocycles. The molecule has 0 saturated carbocycles. The summed E-state index contributed by atoms with van der Waals surface area (Å²) in [7, 11) is 1.16. The van der Waals surface area contributed by atoms with Crippen LogP contribution in [0, 0.1) is 17.1 Å². The van der Waals surface area contributed by atoms with E-state index in [4.69, 9.17) is 5.26 Å². The highest BCUT2D eigenvalue weighted by atomic mass is 79.9. The lowest BCUT2D eigenvalue weighted by Gasteiger charge is -2.03. The summed E-state index contributed by atoms with van der Waals surface area (Å²) in [6, 6.07) is 4.11. The second-order valence-electron chi connectivity index (χ2n) is 2.42. The van der Waals surface area contributed by atoms with E-state index >= 15 is 0 Å². The van der Waals surface area contributed by atoms with Gasteiger partial charge in [0, 0.05) is 4.47 Å². The average Bonchev–Trinajstić information content (AvgIpc) is 2.16. The van der Waals surface area contributed by atoms with Crippen molar-refractivity contribution in [3.05, 3.63) is 33.5 Å². The quantitative estimate of drug-likeness (QED) is 0.726. The minimum Gasteiger partial charge on any atom is -0.465 e. The van der Waals surface area contributed by atoms with Gasteiger partial charge < -0.3 is 4.74 Å². The first-order chi connectivity index (χ1) is 6.60. The largest absolute Gasteiger partial charge is 0.465 e. The highest BCUT2D eigenvalue weighted by Crippen LogP contribution is 2.22. The van der Waals surface area contributed by atoms with Crippen LogP contribution in [0.2, 0.25) is 0 Å². The summed E-state index contributed by atoms with van der Waals surface area (Å²) in [5, 5.41) is 8.52. The van der Waals surface area contributed by atoms with Crippen LogP contribution in [0.5, 0.6) is 0 Å². The first-order valence-corrected chi connectivity index (χ1v) is 4.37. The maximum Gasteiger partial charge on any atom is 0.342 e. The van der Waals surface area contributed by atoms with Crippen molar-refractivity contribution in [2.24, 2.45) is 0 Å². The van der Waals surface area contributed by atoms with Gasteiger partial charge in [0.2, 0.25) is 0 Å². The third-order valence-corrected chi connectivity index (χ3v) is 2.19. The van der Waals surface area contributed by atoms with Crippen LogP contribution < -0.4 is 0 Å². The third kappa shape index (κ3) is 1.91. The van der Waals surface area contributed by atoms with Gasteiger partial charge in [0.25, 0.3) is 0 Å². The third-order valence-electron chi connectivity index (χ3n) is 1.56. The Morgan fingerprint density at radius 3 is 2.71 bits per heavy atom. The van der Waals surface area contributed by atoms with Gasteiger partial charge >= 0.3 is 5.97 Å². The monoisotopic (exact) mass is 257 g/mol. The Kier molecular flexibility index (Phi) is 3.20. The Hall–Kier alpha value is -1.41. The van der Waals surface area contributed by atoms with E-state index < -0.39 is 11.8 Å². The molecule has 0 atom stereocenters. The van der Waals surface area contributed by atoms with Gasteiger partial charge in [0.1, 0.15) is 11.4 Å². The zero-order valence-corrected chi connectivity index (χ0v) is 8.76. The van der Waals surface area contributed by atoms with E-state index in [0.717, 1.165) is 13.2 Å². The number of nitrogens with zero attached hydrogens (tertiary/aromatic N) is 1. The van der Waals surface area contributed by atoms with E-state index in [9.17, 15) is 9.18 Å². The van der Waals surface area contributed by atoms with Gasteiger partial charge in [0.15, 0.2) is 0 Å². The van der Waals surface area contributed by atoms with Gasteiger partial charge in [-0.15, -0.1) is 0 Å². The standard InChI is InChI=1S/C9H5BrFNO2/c1-14-9(13)8-6(10)2-5(4-12)3-7(8)11/h2-3H,1H3. The number of esters is 1. The smallest absolute Gasteiger partial charge is 0.342 e. The molecule has 14 heavy (non-hydrogen) atoms. The normalized spacial score (nSPS) is 9.29. The maximum absolute atomic E-state index is 13.3. The molecule has 0 heterocycles. The summed E-state index contributed by atoms with van der Waals surface area (Å²) >= 11 is 2.99. The molecular formula is C9H5BrFNO2. The van der Waals surface area contributed by atoms with Gasteiger partial charge in [-0.05, 0) is 28.1 Å². The fourth-order valence-electron chi connectivity index (χ4n) is 0.935. The minimum absolute atomic E-state index is 0.141. The van der Waals surface area contributed by atoms with Crippen LogP contribution in [0.1, 0.15) is 15.9 Å². The highest BCUT2D eigenvalue weighted by molar-refractivity contribution is 9.10. The summed E-state index contributed by atoms with van der Waals surface area (Å²) in [5.74, 6) is -1.55. The Morgan fingerprint density at radius 1 is 1.64 bits per heavy atom. The highest BCUT2D eigenvalue weighted by Gasteiger charge is 2.17. The molecule has 0 spiro atoms. The van der Waals surface area contributed by atoms with E-state index in [2.05, 4.69) is 20.7 Å². The molecular weight excluding hydrogens is 253 g/mol. The number of ether oxygens (including phenoxy) is 1. The SMILES string of the molecule is COC(=O)c1c(F)cc(C#N)cc1Br. The van der Waals surface area contributed by atoms with Crippen molar-refractivity contribution in [3.63, 3.8) is 0 Å². The van der Waals surface area contributed by atoms with Gasteiger partial charge in [-0.3, -0.25) is 0 Å². The number of halogens is 2. The molecule has 0 unspecified atom stereocenters. The van der Waals surface area contributed by atoms with E-state index in [1.807, 2.05) is 0 Å². The molecule has 0 aliphatic heterocycles. The molecule has 1 rings (SSSR count). The number of carbonyl (C=O) groups is 1. The van der Waals surface area contributed by atoms with Crippen LogP contribution in [0.3, 0.4) is 0 Å². The van der Waals surface area contributed by atoms with E-state index in [0.29, 0.717) is 0 Å². The first-order valence-electron chi connectivity index (χ1n) is 3.57. The summed E-state index contributed by atoms with van der Waals surface area (Å²) in [4.78, 5) is 11.1. The Labute approximate surface area is 88.2 Å². The van der Waals surface area contributed by atoms with E-state index in [1.165, 1.54) is 6.07 Å². The molecule has 5 heteroatoms. The van der Waals surface area contributed by atoms with Crippen molar-refractivity contribution >= 4 is 21.9 Å². The molecule has 1 aromatic rings. The van der Waals surface area contributed by atoms with Crippen molar-refractivity contribution in [2.75, 3.05) is 7.11 Å². The topological polar surface area (TPSA) is 50.1 Å². The molecule has 0 N–H and O–H groups in total. The number of hydrogen-bond acceptors (Lipinski definition) is 3. The summed E-state index contributed by atoms with van der Waals surface area (Å²) in [6.07, 6.45) is 0. The summed E-state index contributed by atoms with van der Waals surface area (Å²) in [5.41, 5.74) is -0.0615.